The Bertz CT molecular complexity index is 98.6. The van der Waals surface area contributed by atoms with Gasteiger partial charge in [0.2, 0.25) is 0 Å². The predicted octanol–water partition coefficient (Wildman–Crippen LogP) is -0.187. The van der Waals surface area contributed by atoms with E-state index in [4.69, 9.17) is 0 Å². The average molecular weight is 114 g/mol. The van der Waals surface area contributed by atoms with Crippen LogP contribution in [0.2, 0.25) is 0 Å². The summed E-state index contributed by atoms with van der Waals surface area (Å²) in [6.07, 6.45) is 2.18. The number of allylic oxidation sites excluding steroid dienone is 2. The number of hydrogen-bond donors (Lipinski definition) is 2. The number of nitrogens with one attached hydrogen (secondary N) is 2. The van der Waals surface area contributed by atoms with E-state index in [0.717, 1.165) is 12.0 Å². The van der Waals surface area contributed by atoms with Crippen molar-refractivity contribution in [1.29, 1.82) is 0 Å². The maximum Gasteiger partial charge on any atom is 0.144 e. The van der Waals surface area contributed by atoms with Crippen LogP contribution in [0.25, 0.3) is 0 Å². The third-order valence-electron chi connectivity index (χ3n) is 0.640. The summed E-state index contributed by atoms with van der Waals surface area (Å²) in [5, 5.41) is 0. The van der Waals surface area contributed by atoms with Gasteiger partial charge in [-0.05, 0) is 13.0 Å². The van der Waals surface area contributed by atoms with Crippen molar-refractivity contribution >= 4 is 6.29 Å². The van der Waals surface area contributed by atoms with Crippen molar-refractivity contribution in [1.82, 2.24) is 10.9 Å². The zero-order chi connectivity index (χ0) is 6.41. The lowest BCUT2D eigenvalue weighted by molar-refractivity contribution is -0.104. The summed E-state index contributed by atoms with van der Waals surface area (Å²) >= 11 is 0. The Balaban J connectivity index is 3.44. The molecule has 0 spiro atoms. The first-order valence-corrected chi connectivity index (χ1v) is 2.36. The zero-order valence-electron chi connectivity index (χ0n) is 5.06. The molecule has 0 radical (unpaired) electrons. The third-order valence-corrected chi connectivity index (χ3v) is 0.640. The average Bonchev–Trinajstić information content (AvgIpc) is 1.68. The van der Waals surface area contributed by atoms with Gasteiger partial charge in [-0.1, -0.05) is 0 Å². The predicted molar refractivity (Wildman–Crippen MR) is 32.0 cm³/mol. The third kappa shape index (κ3) is 3.36. The number of hydrogen-bond acceptors (Lipinski definition) is 3. The molecule has 0 fully saturated rings. The van der Waals surface area contributed by atoms with E-state index in [-0.39, 0.29) is 0 Å². The van der Waals surface area contributed by atoms with Crippen molar-refractivity contribution in [2.45, 2.75) is 6.92 Å². The highest BCUT2D eigenvalue weighted by atomic mass is 16.1. The molecule has 0 aliphatic carbocycles. The molecule has 0 aliphatic rings. The van der Waals surface area contributed by atoms with Crippen LogP contribution >= 0.6 is 0 Å². The van der Waals surface area contributed by atoms with E-state index < -0.39 is 0 Å². The molecule has 0 unspecified atom stereocenters. The Hall–Kier alpha value is -0.830. The molecule has 8 heavy (non-hydrogen) atoms. The molecule has 0 saturated heterocycles. The SMILES string of the molecule is CNN/C(C)=C\C=O. The molecule has 0 aliphatic heterocycles. The van der Waals surface area contributed by atoms with Crippen LogP contribution < -0.4 is 10.9 Å². The Morgan fingerprint density at radius 1 is 1.62 bits per heavy atom. The van der Waals surface area contributed by atoms with Gasteiger partial charge in [0.05, 0.1) is 0 Å². The number of carbonyl (C=O) groups excluding carboxylic acids is 1. The molecule has 0 aromatic rings. The van der Waals surface area contributed by atoms with E-state index in [1.165, 1.54) is 6.08 Å². The minimum Gasteiger partial charge on any atom is -0.326 e. The number of carbonyl (C=O) groups is 1. The van der Waals surface area contributed by atoms with E-state index in [0.29, 0.717) is 0 Å². The van der Waals surface area contributed by atoms with Gasteiger partial charge in [-0.15, -0.1) is 0 Å². The van der Waals surface area contributed by atoms with Crippen molar-refractivity contribution in [2.75, 3.05) is 7.05 Å². The van der Waals surface area contributed by atoms with Crippen molar-refractivity contribution in [3.63, 3.8) is 0 Å². The molecular weight excluding hydrogens is 104 g/mol. The fraction of sp³-hybridized carbons (Fsp3) is 0.400. The van der Waals surface area contributed by atoms with Crippen molar-refractivity contribution < 1.29 is 4.79 Å². The molecule has 0 atom stereocenters. The molecule has 3 nitrogen and oxygen atoms in total. The number of aldehydes is 1. The Labute approximate surface area is 48.7 Å². The molecule has 0 amide bonds. The van der Waals surface area contributed by atoms with E-state index in [1.54, 1.807) is 14.0 Å². The van der Waals surface area contributed by atoms with Gasteiger partial charge in [0.25, 0.3) is 0 Å². The van der Waals surface area contributed by atoms with E-state index >= 15 is 0 Å². The van der Waals surface area contributed by atoms with Gasteiger partial charge in [0.15, 0.2) is 0 Å². The second-order valence-corrected chi connectivity index (χ2v) is 1.36. The molecule has 2 N–H and O–H groups in total. The Morgan fingerprint density at radius 3 is 2.62 bits per heavy atom. The minimum atomic E-state index is 0.736. The smallest absolute Gasteiger partial charge is 0.144 e. The van der Waals surface area contributed by atoms with Crippen LogP contribution in [-0.2, 0) is 4.79 Å². The fourth-order valence-corrected chi connectivity index (χ4v) is 0.341. The van der Waals surface area contributed by atoms with E-state index in [1.807, 2.05) is 0 Å². The summed E-state index contributed by atoms with van der Waals surface area (Å²) in [5.41, 5.74) is 6.21. The molecule has 3 heteroatoms. The summed E-state index contributed by atoms with van der Waals surface area (Å²) in [6, 6.07) is 0. The second-order valence-electron chi connectivity index (χ2n) is 1.36. The number of hydrazine groups is 1. The minimum absolute atomic E-state index is 0.736. The maximum atomic E-state index is 9.75. The second kappa shape index (κ2) is 4.33. The highest BCUT2D eigenvalue weighted by Gasteiger charge is 1.77. The molecule has 0 aromatic heterocycles. The highest BCUT2D eigenvalue weighted by molar-refractivity contribution is 5.65. The van der Waals surface area contributed by atoms with Crippen LogP contribution in [0.3, 0.4) is 0 Å². The number of rotatable bonds is 3. The monoisotopic (exact) mass is 114 g/mol. The lowest BCUT2D eigenvalue weighted by Crippen LogP contribution is -2.25. The summed E-state index contributed by atoms with van der Waals surface area (Å²) in [4.78, 5) is 9.75. The van der Waals surface area contributed by atoms with Crippen molar-refractivity contribution in [3.05, 3.63) is 11.8 Å². The molecule has 0 aromatic carbocycles. The summed E-state index contributed by atoms with van der Waals surface area (Å²) in [7, 11) is 1.74. The van der Waals surface area contributed by atoms with Crippen LogP contribution in [0, 0.1) is 0 Å². The summed E-state index contributed by atoms with van der Waals surface area (Å²) < 4.78 is 0. The van der Waals surface area contributed by atoms with E-state index in [2.05, 4.69) is 10.9 Å². The van der Waals surface area contributed by atoms with Gasteiger partial charge in [0.1, 0.15) is 6.29 Å². The lowest BCUT2D eigenvalue weighted by atomic mass is 10.5. The molecule has 46 valence electrons. The normalized spacial score (nSPS) is 11.0. The molecular formula is C5H10N2O. The van der Waals surface area contributed by atoms with Crippen LogP contribution in [-0.4, -0.2) is 13.3 Å². The van der Waals surface area contributed by atoms with Crippen LogP contribution in [0.5, 0.6) is 0 Å². The topological polar surface area (TPSA) is 41.1 Å². The first-order chi connectivity index (χ1) is 3.81. The van der Waals surface area contributed by atoms with Gasteiger partial charge in [0, 0.05) is 12.7 Å². The summed E-state index contributed by atoms with van der Waals surface area (Å²) in [5.74, 6) is 0. The first kappa shape index (κ1) is 7.17. The largest absolute Gasteiger partial charge is 0.326 e. The van der Waals surface area contributed by atoms with E-state index in [9.17, 15) is 4.79 Å². The van der Waals surface area contributed by atoms with Gasteiger partial charge in [-0.3, -0.25) is 4.79 Å². The first-order valence-electron chi connectivity index (χ1n) is 2.36. The van der Waals surface area contributed by atoms with Crippen molar-refractivity contribution in [3.8, 4) is 0 Å². The van der Waals surface area contributed by atoms with Gasteiger partial charge in [-0.25, -0.2) is 5.43 Å². The quantitative estimate of drug-likeness (QED) is 0.303. The van der Waals surface area contributed by atoms with Crippen LogP contribution in [0.4, 0.5) is 0 Å². The van der Waals surface area contributed by atoms with Gasteiger partial charge < -0.3 is 5.43 Å². The van der Waals surface area contributed by atoms with Crippen molar-refractivity contribution in [2.24, 2.45) is 0 Å². The highest BCUT2D eigenvalue weighted by Crippen LogP contribution is 1.76. The maximum absolute atomic E-state index is 9.75. The van der Waals surface area contributed by atoms with Gasteiger partial charge in [-0.2, -0.15) is 0 Å². The lowest BCUT2D eigenvalue weighted by Gasteiger charge is -1.99. The Morgan fingerprint density at radius 2 is 2.25 bits per heavy atom. The molecule has 0 heterocycles. The fourth-order valence-electron chi connectivity index (χ4n) is 0.341. The molecule has 0 saturated carbocycles. The summed E-state index contributed by atoms with van der Waals surface area (Å²) in [6.45, 7) is 1.80. The zero-order valence-corrected chi connectivity index (χ0v) is 5.06. The van der Waals surface area contributed by atoms with Crippen LogP contribution in [0.1, 0.15) is 6.92 Å². The van der Waals surface area contributed by atoms with Gasteiger partial charge >= 0.3 is 0 Å². The van der Waals surface area contributed by atoms with Crippen LogP contribution in [0.15, 0.2) is 11.8 Å². The Kier molecular flexibility index (Phi) is 3.88. The molecule has 0 bridgehead atoms. The molecule has 0 rings (SSSR count). The standard InChI is InChI=1S/C5H10N2O/c1-5(3-4-8)7-6-2/h3-4,6-7H,1-2H3/b5-3-.